The molecule has 0 aliphatic rings. The molecule has 2 N–H and O–H groups in total. The number of halogens is 1. The van der Waals surface area contributed by atoms with Gasteiger partial charge in [-0.05, 0) is 44.0 Å². The molecule has 1 heterocycles. The van der Waals surface area contributed by atoms with Crippen LogP contribution in [-0.2, 0) is 13.1 Å². The van der Waals surface area contributed by atoms with Gasteiger partial charge in [0.2, 0.25) is 0 Å². The molecule has 1 aromatic heterocycles. The minimum Gasteiger partial charge on any atom is -0.356 e. The van der Waals surface area contributed by atoms with E-state index in [0.717, 1.165) is 41.7 Å². The van der Waals surface area contributed by atoms with E-state index in [1.165, 1.54) is 5.69 Å². The molecule has 6 heteroatoms. The van der Waals surface area contributed by atoms with Gasteiger partial charge in [-0.2, -0.15) is 5.10 Å². The molecule has 0 spiro atoms. The average Bonchev–Trinajstić information content (AvgIpc) is 2.84. The number of benzene rings is 1. The zero-order valence-corrected chi connectivity index (χ0v) is 14.7. The van der Waals surface area contributed by atoms with Crippen LogP contribution in [0.5, 0.6) is 0 Å². The number of hydrogen-bond acceptors (Lipinski definition) is 2. The van der Waals surface area contributed by atoms with E-state index in [2.05, 4.69) is 33.7 Å². The molecule has 0 atom stereocenters. The van der Waals surface area contributed by atoms with Crippen LogP contribution >= 0.6 is 11.6 Å². The number of nitrogens with zero attached hydrogens (tertiary/aromatic N) is 3. The predicted molar refractivity (Wildman–Crippen MR) is 96.0 cm³/mol. The van der Waals surface area contributed by atoms with Crippen LogP contribution in [0.15, 0.2) is 35.3 Å². The van der Waals surface area contributed by atoms with Gasteiger partial charge in [0.15, 0.2) is 5.96 Å². The third-order valence-electron chi connectivity index (χ3n) is 3.52. The summed E-state index contributed by atoms with van der Waals surface area (Å²) >= 11 is 5.99. The molecule has 0 amide bonds. The first kappa shape index (κ1) is 17.3. The van der Waals surface area contributed by atoms with E-state index in [-0.39, 0.29) is 0 Å². The quantitative estimate of drug-likeness (QED) is 0.485. The molecule has 0 unspecified atom stereocenters. The van der Waals surface area contributed by atoms with E-state index in [4.69, 9.17) is 11.6 Å². The van der Waals surface area contributed by atoms with Crippen molar-refractivity contribution in [3.8, 4) is 0 Å². The number of aromatic nitrogens is 2. The Morgan fingerprint density at radius 3 is 2.74 bits per heavy atom. The first-order valence-electron chi connectivity index (χ1n) is 7.78. The van der Waals surface area contributed by atoms with Crippen LogP contribution in [0, 0.1) is 13.8 Å². The summed E-state index contributed by atoms with van der Waals surface area (Å²) in [5, 5.41) is 11.8. The highest BCUT2D eigenvalue weighted by molar-refractivity contribution is 6.30. The van der Waals surface area contributed by atoms with E-state index in [9.17, 15) is 0 Å². The molecule has 0 aliphatic carbocycles. The molecule has 0 saturated heterocycles. The standard InChI is InChI=1S/C17H24ClN5/c1-13-10-14(2)23(22-13)9-5-8-20-17(19-3)21-12-15-6-4-7-16(18)11-15/h4,6-7,10-11H,5,8-9,12H2,1-3H3,(H2,19,20,21). The average molecular weight is 334 g/mol. The second-order valence-corrected chi connectivity index (χ2v) is 5.92. The lowest BCUT2D eigenvalue weighted by Gasteiger charge is -2.12. The molecule has 2 rings (SSSR count). The fraction of sp³-hybridized carbons (Fsp3) is 0.412. The summed E-state index contributed by atoms with van der Waals surface area (Å²) in [4.78, 5) is 4.23. The Hall–Kier alpha value is -2.01. The normalized spacial score (nSPS) is 11.6. The predicted octanol–water partition coefficient (Wildman–Crippen LogP) is 2.91. The number of nitrogens with one attached hydrogen (secondary N) is 2. The summed E-state index contributed by atoms with van der Waals surface area (Å²) < 4.78 is 2.04. The smallest absolute Gasteiger partial charge is 0.191 e. The highest BCUT2D eigenvalue weighted by Crippen LogP contribution is 2.10. The molecule has 0 radical (unpaired) electrons. The maximum atomic E-state index is 5.99. The van der Waals surface area contributed by atoms with Crippen LogP contribution in [-0.4, -0.2) is 29.3 Å². The molecule has 0 bridgehead atoms. The van der Waals surface area contributed by atoms with E-state index in [1.54, 1.807) is 7.05 Å². The van der Waals surface area contributed by atoms with Gasteiger partial charge >= 0.3 is 0 Å². The van der Waals surface area contributed by atoms with Crippen molar-refractivity contribution in [1.82, 2.24) is 20.4 Å². The Balaban J connectivity index is 1.72. The van der Waals surface area contributed by atoms with Gasteiger partial charge in [0.1, 0.15) is 0 Å². The molecule has 1 aromatic carbocycles. The van der Waals surface area contributed by atoms with E-state index in [1.807, 2.05) is 35.9 Å². The van der Waals surface area contributed by atoms with Crippen LogP contribution in [0.3, 0.4) is 0 Å². The zero-order valence-electron chi connectivity index (χ0n) is 13.9. The van der Waals surface area contributed by atoms with Gasteiger partial charge in [-0.25, -0.2) is 0 Å². The minimum absolute atomic E-state index is 0.692. The van der Waals surface area contributed by atoms with Crippen LogP contribution in [0.25, 0.3) is 0 Å². The van der Waals surface area contributed by atoms with Crippen molar-refractivity contribution in [2.45, 2.75) is 33.4 Å². The fourth-order valence-corrected chi connectivity index (χ4v) is 2.60. The minimum atomic E-state index is 0.692. The molecule has 2 aromatic rings. The summed E-state index contributed by atoms with van der Waals surface area (Å²) in [5.41, 5.74) is 3.39. The third kappa shape index (κ3) is 5.60. The number of aliphatic imine (C=N–C) groups is 1. The topological polar surface area (TPSA) is 54.2 Å². The second-order valence-electron chi connectivity index (χ2n) is 5.49. The number of aryl methyl sites for hydroxylation is 3. The lowest BCUT2D eigenvalue weighted by molar-refractivity contribution is 0.555. The van der Waals surface area contributed by atoms with Gasteiger partial charge in [-0.15, -0.1) is 0 Å². The molecule has 0 saturated carbocycles. The Morgan fingerprint density at radius 2 is 2.09 bits per heavy atom. The van der Waals surface area contributed by atoms with Gasteiger partial charge in [-0.3, -0.25) is 9.67 Å². The highest BCUT2D eigenvalue weighted by Gasteiger charge is 2.02. The van der Waals surface area contributed by atoms with Crippen LogP contribution in [0.2, 0.25) is 5.02 Å². The third-order valence-corrected chi connectivity index (χ3v) is 3.75. The molecule has 0 aliphatic heterocycles. The molecule has 124 valence electrons. The Kier molecular flexibility index (Phi) is 6.47. The van der Waals surface area contributed by atoms with E-state index >= 15 is 0 Å². The lowest BCUT2D eigenvalue weighted by atomic mass is 10.2. The van der Waals surface area contributed by atoms with E-state index < -0.39 is 0 Å². The summed E-state index contributed by atoms with van der Waals surface area (Å²) in [5.74, 6) is 0.790. The van der Waals surface area contributed by atoms with Crippen molar-refractivity contribution in [2.24, 2.45) is 4.99 Å². The molecule has 0 fully saturated rings. The van der Waals surface area contributed by atoms with Crippen LogP contribution in [0.1, 0.15) is 23.4 Å². The van der Waals surface area contributed by atoms with Crippen LogP contribution < -0.4 is 10.6 Å². The summed E-state index contributed by atoms with van der Waals surface area (Å²) in [6, 6.07) is 9.90. The van der Waals surface area contributed by atoms with Crippen molar-refractivity contribution in [2.75, 3.05) is 13.6 Å². The number of guanidine groups is 1. The monoisotopic (exact) mass is 333 g/mol. The number of hydrogen-bond donors (Lipinski definition) is 2. The van der Waals surface area contributed by atoms with Crippen molar-refractivity contribution in [3.05, 3.63) is 52.3 Å². The first-order chi connectivity index (χ1) is 11.1. The Labute approximate surface area is 142 Å². The Bertz CT molecular complexity index is 663. The Morgan fingerprint density at radius 1 is 1.26 bits per heavy atom. The molecule has 23 heavy (non-hydrogen) atoms. The lowest BCUT2D eigenvalue weighted by Crippen LogP contribution is -2.37. The SMILES string of the molecule is CN=C(NCCCn1nc(C)cc1C)NCc1cccc(Cl)c1. The first-order valence-corrected chi connectivity index (χ1v) is 8.16. The summed E-state index contributed by atoms with van der Waals surface area (Å²) in [6.45, 7) is 6.53. The van der Waals surface area contributed by atoms with Gasteiger partial charge in [-0.1, -0.05) is 23.7 Å². The maximum Gasteiger partial charge on any atom is 0.191 e. The van der Waals surface area contributed by atoms with Crippen molar-refractivity contribution in [1.29, 1.82) is 0 Å². The van der Waals surface area contributed by atoms with Crippen molar-refractivity contribution < 1.29 is 0 Å². The maximum absolute atomic E-state index is 5.99. The van der Waals surface area contributed by atoms with Gasteiger partial charge in [0, 0.05) is 37.4 Å². The zero-order chi connectivity index (χ0) is 16.7. The van der Waals surface area contributed by atoms with E-state index in [0.29, 0.717) is 6.54 Å². The summed E-state index contributed by atoms with van der Waals surface area (Å²) in [6.07, 6.45) is 0.986. The van der Waals surface area contributed by atoms with Gasteiger partial charge in [0.05, 0.1) is 5.69 Å². The van der Waals surface area contributed by atoms with Crippen molar-refractivity contribution >= 4 is 17.6 Å². The largest absolute Gasteiger partial charge is 0.356 e. The fourth-order valence-electron chi connectivity index (χ4n) is 2.39. The second kappa shape index (κ2) is 8.58. The molecular weight excluding hydrogens is 310 g/mol. The number of rotatable bonds is 6. The van der Waals surface area contributed by atoms with Gasteiger partial charge < -0.3 is 10.6 Å². The highest BCUT2D eigenvalue weighted by atomic mass is 35.5. The van der Waals surface area contributed by atoms with Gasteiger partial charge in [0.25, 0.3) is 0 Å². The molecular formula is C17H24ClN5. The summed E-state index contributed by atoms with van der Waals surface area (Å²) in [7, 11) is 1.77. The van der Waals surface area contributed by atoms with Crippen LogP contribution in [0.4, 0.5) is 0 Å². The van der Waals surface area contributed by atoms with Crippen molar-refractivity contribution in [3.63, 3.8) is 0 Å². The molecule has 5 nitrogen and oxygen atoms in total.